The van der Waals surface area contributed by atoms with Gasteiger partial charge in [-0.3, -0.25) is 0 Å². The van der Waals surface area contributed by atoms with Gasteiger partial charge in [-0.1, -0.05) is 37.3 Å². The Morgan fingerprint density at radius 1 is 0.903 bits per heavy atom. The Kier molecular flexibility index (Phi) is 6.28. The molecule has 0 aliphatic carbocycles. The molecule has 4 nitrogen and oxygen atoms in total. The third-order valence-corrected chi connectivity index (χ3v) is 5.62. The molecule has 0 amide bonds. The van der Waals surface area contributed by atoms with Crippen molar-refractivity contribution in [2.75, 3.05) is 27.2 Å². The van der Waals surface area contributed by atoms with E-state index in [1.165, 1.54) is 5.56 Å². The van der Waals surface area contributed by atoms with E-state index in [2.05, 4.69) is 97.1 Å². The Labute approximate surface area is 184 Å². The summed E-state index contributed by atoms with van der Waals surface area (Å²) in [4.78, 5) is 2.26. The maximum atomic E-state index is 6.12. The van der Waals surface area contributed by atoms with Gasteiger partial charge < -0.3 is 18.9 Å². The van der Waals surface area contributed by atoms with E-state index in [1.54, 1.807) is 7.11 Å². The molecule has 1 heterocycles. The lowest BCUT2D eigenvalue weighted by atomic mass is 10.1. The van der Waals surface area contributed by atoms with E-state index in [9.17, 15) is 0 Å². The van der Waals surface area contributed by atoms with Crippen molar-refractivity contribution in [1.82, 2.24) is 9.47 Å². The van der Waals surface area contributed by atoms with Crippen LogP contribution in [0.2, 0.25) is 0 Å². The topological polar surface area (TPSA) is 26.6 Å². The van der Waals surface area contributed by atoms with Crippen LogP contribution in [-0.2, 0) is 0 Å². The molecule has 0 bridgehead atoms. The Morgan fingerprint density at radius 3 is 2.29 bits per heavy atom. The molecule has 4 aromatic rings. The predicted molar refractivity (Wildman–Crippen MR) is 129 cm³/mol. The van der Waals surface area contributed by atoms with Gasteiger partial charge in [0.05, 0.1) is 18.3 Å². The van der Waals surface area contributed by atoms with Crippen molar-refractivity contribution < 1.29 is 9.47 Å². The number of likely N-dealkylation sites (N-methyl/N-ethyl adjacent to an activating group) is 1. The van der Waals surface area contributed by atoms with Gasteiger partial charge in [0.2, 0.25) is 0 Å². The van der Waals surface area contributed by atoms with Gasteiger partial charge in [-0.2, -0.15) is 0 Å². The van der Waals surface area contributed by atoms with Crippen molar-refractivity contribution in [3.05, 3.63) is 78.9 Å². The molecule has 160 valence electrons. The van der Waals surface area contributed by atoms with Crippen molar-refractivity contribution in [3.8, 4) is 28.4 Å². The van der Waals surface area contributed by atoms with Gasteiger partial charge >= 0.3 is 0 Å². The third-order valence-electron chi connectivity index (χ3n) is 5.62. The third kappa shape index (κ3) is 4.59. The first kappa shape index (κ1) is 21.0. The highest BCUT2D eigenvalue weighted by molar-refractivity contribution is 5.90. The number of nitrogens with zero attached hydrogens (tertiary/aromatic N) is 2. The summed E-state index contributed by atoms with van der Waals surface area (Å²) in [6, 6.07) is 27.3. The lowest BCUT2D eigenvalue weighted by molar-refractivity contribution is 0.166. The highest BCUT2D eigenvalue weighted by atomic mass is 16.5. The molecule has 0 aliphatic heterocycles. The first-order valence-electron chi connectivity index (χ1n) is 10.8. The average molecular weight is 415 g/mol. The summed E-state index contributed by atoms with van der Waals surface area (Å²) in [7, 11) is 3.81. The molecule has 31 heavy (non-hydrogen) atoms. The Hall–Kier alpha value is -3.24. The fourth-order valence-electron chi connectivity index (χ4n) is 3.93. The van der Waals surface area contributed by atoms with Crippen molar-refractivity contribution in [3.63, 3.8) is 0 Å². The van der Waals surface area contributed by atoms with E-state index in [-0.39, 0.29) is 6.10 Å². The number of aromatic nitrogens is 1. The van der Waals surface area contributed by atoms with Crippen molar-refractivity contribution in [1.29, 1.82) is 0 Å². The van der Waals surface area contributed by atoms with Crippen LogP contribution >= 0.6 is 0 Å². The standard InChI is InChI=1S/C27H30N2O2/c1-5-28(3)19-20(2)31-24-13-11-23(12-14-24)29-26-16-15-25(30-4)17-22(26)18-27(29)21-9-7-6-8-10-21/h6-18,20H,5,19H2,1-4H3. The molecule has 1 unspecified atom stereocenters. The summed E-state index contributed by atoms with van der Waals surface area (Å²) < 4.78 is 13.9. The van der Waals surface area contributed by atoms with Gasteiger partial charge in [0, 0.05) is 17.6 Å². The monoisotopic (exact) mass is 414 g/mol. The van der Waals surface area contributed by atoms with Crippen LogP contribution in [0.25, 0.3) is 27.8 Å². The SMILES string of the molecule is CCN(C)CC(C)Oc1ccc(-n2c(-c3ccccc3)cc3cc(OC)ccc32)cc1. The van der Waals surface area contributed by atoms with Crippen LogP contribution in [0.1, 0.15) is 13.8 Å². The molecule has 0 radical (unpaired) electrons. The number of rotatable bonds is 8. The number of hydrogen-bond acceptors (Lipinski definition) is 3. The number of methoxy groups -OCH3 is 1. The molecular formula is C27H30N2O2. The van der Waals surface area contributed by atoms with E-state index in [0.29, 0.717) is 0 Å². The van der Waals surface area contributed by atoms with Gasteiger partial charge in [-0.05, 0) is 74.6 Å². The van der Waals surface area contributed by atoms with Gasteiger partial charge in [-0.15, -0.1) is 0 Å². The zero-order valence-corrected chi connectivity index (χ0v) is 18.7. The quantitative estimate of drug-likeness (QED) is 0.352. The van der Waals surface area contributed by atoms with Crippen LogP contribution in [-0.4, -0.2) is 42.8 Å². The molecule has 0 fully saturated rings. The van der Waals surface area contributed by atoms with Crippen LogP contribution in [0.4, 0.5) is 0 Å². The van der Waals surface area contributed by atoms with E-state index in [1.807, 2.05) is 12.1 Å². The predicted octanol–water partition coefficient (Wildman–Crippen LogP) is 6.03. The number of ether oxygens (including phenoxy) is 2. The Bertz CT molecular complexity index is 1130. The van der Waals surface area contributed by atoms with Gasteiger partial charge in [0.1, 0.15) is 17.6 Å². The summed E-state index contributed by atoms with van der Waals surface area (Å²) in [6.07, 6.45) is 0.135. The number of fused-ring (bicyclic) bond motifs is 1. The summed E-state index contributed by atoms with van der Waals surface area (Å²) in [5.41, 5.74) is 4.57. The van der Waals surface area contributed by atoms with Gasteiger partial charge in [0.25, 0.3) is 0 Å². The molecule has 0 saturated heterocycles. The lowest BCUT2D eigenvalue weighted by Crippen LogP contribution is -2.30. The first-order chi connectivity index (χ1) is 15.1. The zero-order valence-electron chi connectivity index (χ0n) is 18.7. The van der Waals surface area contributed by atoms with Crippen LogP contribution < -0.4 is 9.47 Å². The largest absolute Gasteiger partial charge is 0.497 e. The minimum atomic E-state index is 0.135. The molecule has 0 N–H and O–H groups in total. The second kappa shape index (κ2) is 9.27. The molecule has 0 saturated carbocycles. The maximum Gasteiger partial charge on any atom is 0.119 e. The van der Waals surface area contributed by atoms with Gasteiger partial charge in [-0.25, -0.2) is 0 Å². The van der Waals surface area contributed by atoms with Crippen molar-refractivity contribution in [2.24, 2.45) is 0 Å². The highest BCUT2D eigenvalue weighted by Crippen LogP contribution is 2.34. The van der Waals surface area contributed by atoms with Crippen LogP contribution in [0, 0.1) is 0 Å². The second-order valence-electron chi connectivity index (χ2n) is 7.93. The number of hydrogen-bond donors (Lipinski definition) is 0. The molecule has 4 rings (SSSR count). The highest BCUT2D eigenvalue weighted by Gasteiger charge is 2.14. The minimum Gasteiger partial charge on any atom is -0.497 e. The molecule has 1 aromatic heterocycles. The van der Waals surface area contributed by atoms with E-state index >= 15 is 0 Å². The summed E-state index contributed by atoms with van der Waals surface area (Å²) in [6.45, 7) is 6.18. The molecule has 4 heteroatoms. The summed E-state index contributed by atoms with van der Waals surface area (Å²) >= 11 is 0. The zero-order chi connectivity index (χ0) is 21.8. The lowest BCUT2D eigenvalue weighted by Gasteiger charge is -2.21. The van der Waals surface area contributed by atoms with Gasteiger partial charge in [0.15, 0.2) is 0 Å². The van der Waals surface area contributed by atoms with Crippen LogP contribution in [0.15, 0.2) is 78.9 Å². The summed E-state index contributed by atoms with van der Waals surface area (Å²) in [5.74, 6) is 1.75. The van der Waals surface area contributed by atoms with Crippen molar-refractivity contribution >= 4 is 10.9 Å². The average Bonchev–Trinajstić information content (AvgIpc) is 3.18. The van der Waals surface area contributed by atoms with E-state index in [4.69, 9.17) is 9.47 Å². The van der Waals surface area contributed by atoms with Crippen LogP contribution in [0.5, 0.6) is 11.5 Å². The van der Waals surface area contributed by atoms with Crippen molar-refractivity contribution in [2.45, 2.75) is 20.0 Å². The van der Waals surface area contributed by atoms with E-state index in [0.717, 1.165) is 46.9 Å². The molecule has 1 atom stereocenters. The number of benzene rings is 3. The molecule has 0 aliphatic rings. The maximum absolute atomic E-state index is 6.12. The fourth-order valence-corrected chi connectivity index (χ4v) is 3.93. The van der Waals surface area contributed by atoms with E-state index < -0.39 is 0 Å². The second-order valence-corrected chi connectivity index (χ2v) is 7.93. The Balaban J connectivity index is 1.71. The van der Waals surface area contributed by atoms with Crippen LogP contribution in [0.3, 0.4) is 0 Å². The minimum absolute atomic E-state index is 0.135. The molecular weight excluding hydrogens is 384 g/mol. The smallest absolute Gasteiger partial charge is 0.119 e. The Morgan fingerprint density at radius 2 is 1.61 bits per heavy atom. The normalized spacial score (nSPS) is 12.3. The summed E-state index contributed by atoms with van der Waals surface area (Å²) in [5, 5.41) is 1.15. The molecule has 0 spiro atoms. The fraction of sp³-hybridized carbons (Fsp3) is 0.259. The molecule has 3 aromatic carbocycles. The first-order valence-corrected chi connectivity index (χ1v) is 10.8.